The van der Waals surface area contributed by atoms with Crippen molar-refractivity contribution in [1.29, 1.82) is 0 Å². The first-order valence-corrected chi connectivity index (χ1v) is 8.95. The number of para-hydroxylation sites is 1. The van der Waals surface area contributed by atoms with Crippen molar-refractivity contribution in [2.24, 2.45) is 0 Å². The van der Waals surface area contributed by atoms with E-state index in [4.69, 9.17) is 16.0 Å². The molecule has 0 radical (unpaired) electrons. The Morgan fingerprint density at radius 3 is 2.62 bits per heavy atom. The maximum Gasteiger partial charge on any atom is 0.285 e. The van der Waals surface area contributed by atoms with Crippen LogP contribution in [0.3, 0.4) is 0 Å². The van der Waals surface area contributed by atoms with Gasteiger partial charge in [0.1, 0.15) is 16.8 Å². The molecule has 0 unspecified atom stereocenters. The minimum Gasteiger partial charge on any atom is -0.449 e. The lowest BCUT2D eigenvalue weighted by atomic mass is 10.1. The highest BCUT2D eigenvalue weighted by Gasteiger charge is 2.25. The van der Waals surface area contributed by atoms with Crippen LogP contribution >= 0.6 is 23.4 Å². The van der Waals surface area contributed by atoms with Gasteiger partial charge in [-0.3, -0.25) is 4.79 Å². The highest BCUT2D eigenvalue weighted by atomic mass is 35.5. The van der Waals surface area contributed by atoms with Crippen molar-refractivity contribution in [3.05, 3.63) is 63.4 Å². The molecule has 6 heteroatoms. The van der Waals surface area contributed by atoms with Crippen LogP contribution in [0.4, 0.5) is 0 Å². The number of nitrogens with zero attached hydrogens (tertiary/aromatic N) is 2. The minimum absolute atomic E-state index is 0.191. The molecule has 24 heavy (non-hydrogen) atoms. The topological polar surface area (TPSA) is 48.0 Å². The fourth-order valence-electron chi connectivity index (χ4n) is 2.79. The third-order valence-electron chi connectivity index (χ3n) is 3.97. The van der Waals surface area contributed by atoms with Gasteiger partial charge in [-0.05, 0) is 49.1 Å². The van der Waals surface area contributed by atoms with Gasteiger partial charge in [0.25, 0.3) is 5.56 Å². The molecular formula is C18H13ClN2O2S. The molecule has 0 fully saturated rings. The molecule has 2 aliphatic rings. The molecule has 4 nitrogen and oxygen atoms in total. The van der Waals surface area contributed by atoms with Crippen LogP contribution in [0, 0.1) is 6.92 Å². The van der Waals surface area contributed by atoms with Gasteiger partial charge in [-0.2, -0.15) is 9.78 Å². The Balaban J connectivity index is 2.12. The lowest BCUT2D eigenvalue weighted by Gasteiger charge is -2.08. The van der Waals surface area contributed by atoms with E-state index in [0.717, 1.165) is 16.5 Å². The van der Waals surface area contributed by atoms with Crippen LogP contribution in [0.15, 0.2) is 56.8 Å². The molecule has 2 aromatic carbocycles. The SMILES string of the molecule is CSc1oc2c(C)cccc2c2nn(-c3ccc(Cl)cc3)c(=O)c1-2. The van der Waals surface area contributed by atoms with Crippen LogP contribution in [0.2, 0.25) is 5.02 Å². The molecular weight excluding hydrogens is 344 g/mol. The van der Waals surface area contributed by atoms with Crippen LogP contribution in [-0.4, -0.2) is 16.0 Å². The van der Waals surface area contributed by atoms with E-state index in [0.29, 0.717) is 27.1 Å². The molecule has 0 aromatic heterocycles. The van der Waals surface area contributed by atoms with E-state index in [1.807, 2.05) is 31.4 Å². The second kappa shape index (κ2) is 5.69. The zero-order valence-electron chi connectivity index (χ0n) is 13.0. The summed E-state index contributed by atoms with van der Waals surface area (Å²) in [6.07, 6.45) is 1.89. The van der Waals surface area contributed by atoms with E-state index >= 15 is 0 Å². The Hall–Kier alpha value is -2.24. The Labute approximate surface area is 147 Å². The van der Waals surface area contributed by atoms with Gasteiger partial charge in [0.2, 0.25) is 0 Å². The quantitative estimate of drug-likeness (QED) is 0.485. The molecule has 0 saturated heterocycles. The van der Waals surface area contributed by atoms with Gasteiger partial charge in [0, 0.05) is 10.4 Å². The van der Waals surface area contributed by atoms with Gasteiger partial charge < -0.3 is 4.42 Å². The summed E-state index contributed by atoms with van der Waals surface area (Å²) in [4.78, 5) is 12.9. The van der Waals surface area contributed by atoms with E-state index < -0.39 is 0 Å². The van der Waals surface area contributed by atoms with E-state index in [2.05, 4.69) is 5.10 Å². The van der Waals surface area contributed by atoms with Gasteiger partial charge in [-0.25, -0.2) is 0 Å². The van der Waals surface area contributed by atoms with Gasteiger partial charge in [-0.1, -0.05) is 35.5 Å². The Kier molecular flexibility index (Phi) is 3.62. The fraction of sp³-hybridized carbons (Fsp3) is 0.111. The Morgan fingerprint density at radius 2 is 1.92 bits per heavy atom. The summed E-state index contributed by atoms with van der Waals surface area (Å²) in [5.41, 5.74) is 3.42. The molecule has 0 atom stereocenters. The number of hydrogen-bond acceptors (Lipinski definition) is 4. The van der Waals surface area contributed by atoms with Crippen molar-refractivity contribution in [2.75, 3.05) is 6.26 Å². The minimum atomic E-state index is -0.191. The monoisotopic (exact) mass is 356 g/mol. The molecule has 2 heterocycles. The van der Waals surface area contributed by atoms with Crippen LogP contribution in [0.25, 0.3) is 27.9 Å². The normalized spacial score (nSPS) is 11.5. The Morgan fingerprint density at radius 1 is 1.17 bits per heavy atom. The van der Waals surface area contributed by atoms with Gasteiger partial charge in [-0.15, -0.1) is 0 Å². The number of benzene rings is 2. The first kappa shape index (κ1) is 15.3. The maximum atomic E-state index is 12.9. The second-order valence-electron chi connectivity index (χ2n) is 5.46. The maximum absolute atomic E-state index is 12.9. The van der Waals surface area contributed by atoms with Crippen LogP contribution in [0.1, 0.15) is 5.56 Å². The summed E-state index contributed by atoms with van der Waals surface area (Å²) in [6, 6.07) is 12.9. The van der Waals surface area contributed by atoms with Crippen LogP contribution in [0.5, 0.6) is 0 Å². The average Bonchev–Trinajstić information content (AvgIpc) is 2.94. The summed E-state index contributed by atoms with van der Waals surface area (Å²) in [7, 11) is 0. The number of aryl methyl sites for hydroxylation is 1. The zero-order valence-corrected chi connectivity index (χ0v) is 14.6. The molecule has 0 spiro atoms. The molecule has 4 rings (SSSR count). The van der Waals surface area contributed by atoms with E-state index in [-0.39, 0.29) is 5.56 Å². The largest absolute Gasteiger partial charge is 0.449 e. The van der Waals surface area contributed by atoms with E-state index in [9.17, 15) is 4.79 Å². The molecule has 2 aromatic rings. The standard InChI is InChI=1S/C18H13ClN2O2S/c1-10-4-3-5-13-15-14(18(24-2)23-16(10)13)17(22)21(20-15)12-8-6-11(19)7-9-12/h3-9H,1-2H3. The second-order valence-corrected chi connectivity index (χ2v) is 6.68. The number of aromatic nitrogens is 2. The molecule has 120 valence electrons. The summed E-state index contributed by atoms with van der Waals surface area (Å²) >= 11 is 7.34. The lowest BCUT2D eigenvalue weighted by molar-refractivity contribution is 0.502. The predicted molar refractivity (Wildman–Crippen MR) is 97.8 cm³/mol. The third-order valence-corrected chi connectivity index (χ3v) is 4.88. The number of hydrogen-bond donors (Lipinski definition) is 0. The van der Waals surface area contributed by atoms with Crippen molar-refractivity contribution in [2.45, 2.75) is 12.0 Å². The summed E-state index contributed by atoms with van der Waals surface area (Å²) in [5.74, 6) is 0. The summed E-state index contributed by atoms with van der Waals surface area (Å²) < 4.78 is 7.39. The lowest BCUT2D eigenvalue weighted by Crippen LogP contribution is -2.14. The number of fused-ring (bicyclic) bond motifs is 3. The van der Waals surface area contributed by atoms with Crippen molar-refractivity contribution < 1.29 is 4.42 Å². The average molecular weight is 357 g/mol. The molecule has 0 bridgehead atoms. The highest BCUT2D eigenvalue weighted by molar-refractivity contribution is 7.98. The summed E-state index contributed by atoms with van der Waals surface area (Å²) in [6.45, 7) is 1.98. The van der Waals surface area contributed by atoms with Crippen molar-refractivity contribution in [1.82, 2.24) is 9.78 Å². The molecule has 2 aliphatic heterocycles. The Bertz CT molecular complexity index is 1080. The van der Waals surface area contributed by atoms with Crippen molar-refractivity contribution in [3.8, 4) is 16.9 Å². The third kappa shape index (κ3) is 2.24. The fourth-order valence-corrected chi connectivity index (χ4v) is 3.48. The van der Waals surface area contributed by atoms with Crippen LogP contribution < -0.4 is 5.56 Å². The first-order valence-electron chi connectivity index (χ1n) is 7.35. The van der Waals surface area contributed by atoms with Gasteiger partial charge >= 0.3 is 0 Å². The van der Waals surface area contributed by atoms with Crippen molar-refractivity contribution in [3.63, 3.8) is 0 Å². The van der Waals surface area contributed by atoms with Gasteiger partial charge in [0.05, 0.1) is 5.69 Å². The molecule has 0 saturated carbocycles. The molecule has 0 N–H and O–H groups in total. The van der Waals surface area contributed by atoms with E-state index in [1.165, 1.54) is 16.4 Å². The number of thioether (sulfide) groups is 1. The van der Waals surface area contributed by atoms with Crippen LogP contribution in [-0.2, 0) is 0 Å². The summed E-state index contributed by atoms with van der Waals surface area (Å²) in [5, 5.41) is 6.61. The molecule has 0 amide bonds. The number of rotatable bonds is 2. The highest BCUT2D eigenvalue weighted by Crippen LogP contribution is 2.36. The predicted octanol–water partition coefficient (Wildman–Crippen LogP) is 4.77. The first-order chi connectivity index (χ1) is 11.6. The number of halogens is 1. The van der Waals surface area contributed by atoms with Crippen molar-refractivity contribution >= 4 is 34.3 Å². The molecule has 0 aliphatic carbocycles. The smallest absolute Gasteiger partial charge is 0.285 e. The van der Waals surface area contributed by atoms with E-state index in [1.54, 1.807) is 24.3 Å². The van der Waals surface area contributed by atoms with Gasteiger partial charge in [0.15, 0.2) is 5.09 Å². The zero-order chi connectivity index (χ0) is 16.8.